The first-order valence-corrected chi connectivity index (χ1v) is 7.00. The van der Waals surface area contributed by atoms with Crippen molar-refractivity contribution < 1.29 is 9.53 Å². The number of nitrogens with one attached hydrogen (secondary N) is 1. The zero-order valence-electron chi connectivity index (χ0n) is 12.2. The van der Waals surface area contributed by atoms with E-state index in [1.54, 1.807) is 6.20 Å². The van der Waals surface area contributed by atoms with Crippen LogP contribution in [0.2, 0.25) is 0 Å². The van der Waals surface area contributed by atoms with Gasteiger partial charge in [0, 0.05) is 18.9 Å². The number of esters is 1. The molecule has 0 spiro atoms. The number of rotatable bonds is 9. The summed E-state index contributed by atoms with van der Waals surface area (Å²) in [6, 6.07) is 0. The number of aromatic nitrogens is 2. The number of unbranched alkanes of at least 4 members (excludes halogenated alkanes) is 1. The molecule has 0 saturated heterocycles. The van der Waals surface area contributed by atoms with Crippen molar-refractivity contribution in [1.82, 2.24) is 14.9 Å². The van der Waals surface area contributed by atoms with Gasteiger partial charge in [-0.15, -0.1) is 0 Å². The molecule has 0 bridgehead atoms. The van der Waals surface area contributed by atoms with Crippen LogP contribution in [0.1, 0.15) is 40.0 Å². The predicted molar refractivity (Wildman–Crippen MR) is 74.8 cm³/mol. The summed E-state index contributed by atoms with van der Waals surface area (Å²) in [5, 5.41) is 3.24. The number of nitrogens with zero attached hydrogens (tertiary/aromatic N) is 2. The highest BCUT2D eigenvalue weighted by Gasteiger charge is 2.32. The second kappa shape index (κ2) is 7.94. The largest absolute Gasteiger partial charge is 0.465 e. The quantitative estimate of drug-likeness (QED) is 0.549. The van der Waals surface area contributed by atoms with Gasteiger partial charge in [-0.05, 0) is 39.7 Å². The zero-order chi connectivity index (χ0) is 14.1. The van der Waals surface area contributed by atoms with E-state index in [9.17, 15) is 4.79 Å². The third-order valence-electron chi connectivity index (χ3n) is 3.20. The van der Waals surface area contributed by atoms with Crippen molar-refractivity contribution in [1.29, 1.82) is 0 Å². The van der Waals surface area contributed by atoms with Gasteiger partial charge in [-0.25, -0.2) is 4.98 Å². The average Bonchev–Trinajstić information content (AvgIpc) is 2.88. The fourth-order valence-electron chi connectivity index (χ4n) is 2.14. The molecule has 0 aliphatic carbocycles. The van der Waals surface area contributed by atoms with E-state index in [4.69, 9.17) is 4.74 Å². The van der Waals surface area contributed by atoms with Crippen LogP contribution in [0.15, 0.2) is 18.7 Å². The van der Waals surface area contributed by atoms with Crippen molar-refractivity contribution in [2.24, 2.45) is 0 Å². The molecule has 108 valence electrons. The lowest BCUT2D eigenvalue weighted by molar-refractivity contribution is -0.150. The van der Waals surface area contributed by atoms with Gasteiger partial charge in [0.2, 0.25) is 0 Å². The highest BCUT2D eigenvalue weighted by Crippen LogP contribution is 2.16. The van der Waals surface area contributed by atoms with Crippen LogP contribution < -0.4 is 5.32 Å². The highest BCUT2D eigenvalue weighted by molar-refractivity contribution is 5.80. The van der Waals surface area contributed by atoms with Crippen LogP contribution in [0.4, 0.5) is 0 Å². The molecular formula is C14H25N3O2. The van der Waals surface area contributed by atoms with Crippen LogP contribution in [0, 0.1) is 0 Å². The van der Waals surface area contributed by atoms with E-state index >= 15 is 0 Å². The highest BCUT2D eigenvalue weighted by atomic mass is 16.5. The van der Waals surface area contributed by atoms with Gasteiger partial charge in [-0.3, -0.25) is 4.79 Å². The Morgan fingerprint density at radius 1 is 1.42 bits per heavy atom. The molecule has 1 unspecified atom stereocenters. The molecule has 1 aromatic heterocycles. The summed E-state index contributed by atoms with van der Waals surface area (Å²) in [5.74, 6) is -0.153. The average molecular weight is 267 g/mol. The minimum atomic E-state index is -0.570. The van der Waals surface area contributed by atoms with E-state index in [2.05, 4.69) is 14.9 Å². The molecule has 5 nitrogen and oxygen atoms in total. The predicted octanol–water partition coefficient (Wildman–Crippen LogP) is 1.98. The van der Waals surface area contributed by atoms with E-state index in [-0.39, 0.29) is 5.97 Å². The van der Waals surface area contributed by atoms with Crippen molar-refractivity contribution in [2.75, 3.05) is 13.2 Å². The molecule has 1 heterocycles. The standard InChI is InChI=1S/C14H25N3O2/c1-4-16-14(3,13(18)19-5-2)8-6-7-10-17-11-9-15-12-17/h9,11-12,16H,4-8,10H2,1-3H3. The van der Waals surface area contributed by atoms with E-state index in [0.29, 0.717) is 6.61 Å². The van der Waals surface area contributed by atoms with E-state index in [1.807, 2.05) is 33.3 Å². The molecule has 19 heavy (non-hydrogen) atoms. The van der Waals surface area contributed by atoms with E-state index < -0.39 is 5.54 Å². The number of likely N-dealkylation sites (N-methyl/N-ethyl adjacent to an activating group) is 1. The molecule has 0 fully saturated rings. The maximum atomic E-state index is 12.0. The molecule has 0 aromatic carbocycles. The molecule has 1 aromatic rings. The first-order valence-electron chi connectivity index (χ1n) is 7.00. The Morgan fingerprint density at radius 3 is 2.79 bits per heavy atom. The van der Waals surface area contributed by atoms with Crippen LogP contribution >= 0.6 is 0 Å². The van der Waals surface area contributed by atoms with Crippen molar-refractivity contribution in [3.8, 4) is 0 Å². The van der Waals surface area contributed by atoms with Gasteiger partial charge in [0.25, 0.3) is 0 Å². The summed E-state index contributed by atoms with van der Waals surface area (Å²) >= 11 is 0. The zero-order valence-corrected chi connectivity index (χ0v) is 12.2. The number of hydrogen-bond donors (Lipinski definition) is 1. The van der Waals surface area contributed by atoms with Gasteiger partial charge in [0.15, 0.2) is 0 Å². The van der Waals surface area contributed by atoms with Crippen LogP contribution in [0.5, 0.6) is 0 Å². The molecule has 0 aliphatic heterocycles. The Bertz CT molecular complexity index is 365. The SMILES string of the molecule is CCNC(C)(CCCCn1ccnc1)C(=O)OCC. The lowest BCUT2D eigenvalue weighted by Crippen LogP contribution is -2.50. The Kier molecular flexibility index (Phi) is 6.56. The van der Waals surface area contributed by atoms with Gasteiger partial charge in [-0.1, -0.05) is 6.92 Å². The normalized spacial score (nSPS) is 14.1. The lowest BCUT2D eigenvalue weighted by atomic mass is 9.94. The summed E-state index contributed by atoms with van der Waals surface area (Å²) in [4.78, 5) is 16.0. The summed E-state index contributed by atoms with van der Waals surface area (Å²) in [5.41, 5.74) is -0.570. The molecule has 1 N–H and O–H groups in total. The maximum absolute atomic E-state index is 12.0. The van der Waals surface area contributed by atoms with Crippen molar-refractivity contribution >= 4 is 5.97 Å². The van der Waals surface area contributed by atoms with E-state index in [1.165, 1.54) is 0 Å². The van der Waals surface area contributed by atoms with Crippen LogP contribution in [-0.4, -0.2) is 34.2 Å². The van der Waals surface area contributed by atoms with Gasteiger partial charge in [0.05, 0.1) is 12.9 Å². The number of carbonyl (C=O) groups excluding carboxylic acids is 1. The Balaban J connectivity index is 2.38. The molecule has 5 heteroatoms. The summed E-state index contributed by atoms with van der Waals surface area (Å²) in [6.07, 6.45) is 8.33. The lowest BCUT2D eigenvalue weighted by Gasteiger charge is -2.28. The van der Waals surface area contributed by atoms with Gasteiger partial charge in [0.1, 0.15) is 5.54 Å². The molecule has 1 atom stereocenters. The number of aryl methyl sites for hydroxylation is 1. The first-order chi connectivity index (χ1) is 9.12. The van der Waals surface area contributed by atoms with Crippen LogP contribution in [0.3, 0.4) is 0 Å². The second-order valence-electron chi connectivity index (χ2n) is 4.84. The molecule has 0 aliphatic rings. The van der Waals surface area contributed by atoms with Crippen LogP contribution in [0.25, 0.3) is 0 Å². The number of imidazole rings is 1. The summed E-state index contributed by atoms with van der Waals surface area (Å²) in [7, 11) is 0. The Morgan fingerprint density at radius 2 is 2.21 bits per heavy atom. The van der Waals surface area contributed by atoms with Gasteiger partial charge >= 0.3 is 5.97 Å². The molecule has 1 rings (SSSR count). The summed E-state index contributed by atoms with van der Waals surface area (Å²) < 4.78 is 7.20. The third-order valence-corrected chi connectivity index (χ3v) is 3.20. The number of ether oxygens (including phenoxy) is 1. The van der Waals surface area contributed by atoms with Crippen molar-refractivity contribution in [3.63, 3.8) is 0 Å². The molecule has 0 radical (unpaired) electrons. The van der Waals surface area contributed by atoms with Crippen molar-refractivity contribution in [2.45, 2.75) is 52.1 Å². The monoisotopic (exact) mass is 267 g/mol. The van der Waals surface area contributed by atoms with Crippen molar-refractivity contribution in [3.05, 3.63) is 18.7 Å². The summed E-state index contributed by atoms with van der Waals surface area (Å²) in [6.45, 7) is 7.88. The molecule has 0 amide bonds. The van der Waals surface area contributed by atoms with E-state index in [0.717, 1.165) is 32.4 Å². The number of carbonyl (C=O) groups is 1. The first kappa shape index (κ1) is 15.7. The fraction of sp³-hybridized carbons (Fsp3) is 0.714. The smallest absolute Gasteiger partial charge is 0.326 e. The minimum absolute atomic E-state index is 0.153. The Hall–Kier alpha value is -1.36. The van der Waals surface area contributed by atoms with Gasteiger partial charge < -0.3 is 14.6 Å². The second-order valence-corrected chi connectivity index (χ2v) is 4.84. The molecule has 0 saturated carbocycles. The maximum Gasteiger partial charge on any atom is 0.326 e. The minimum Gasteiger partial charge on any atom is -0.465 e. The van der Waals surface area contributed by atoms with Gasteiger partial charge in [-0.2, -0.15) is 0 Å². The fourth-order valence-corrected chi connectivity index (χ4v) is 2.14. The third kappa shape index (κ3) is 5.03. The van der Waals surface area contributed by atoms with Crippen LogP contribution in [-0.2, 0) is 16.1 Å². The molecular weight excluding hydrogens is 242 g/mol. The topological polar surface area (TPSA) is 56.2 Å². The number of hydrogen-bond acceptors (Lipinski definition) is 4. The Labute approximate surface area is 115 Å².